The molecule has 0 spiro atoms. The summed E-state index contributed by atoms with van der Waals surface area (Å²) in [5, 5.41) is 11.3. The van der Waals surface area contributed by atoms with Crippen LogP contribution in [0.3, 0.4) is 0 Å². The first-order chi connectivity index (χ1) is 16.6. The van der Waals surface area contributed by atoms with Gasteiger partial charge in [-0.15, -0.1) is 0 Å². The number of benzene rings is 2. The van der Waals surface area contributed by atoms with E-state index in [0.717, 1.165) is 25.9 Å². The number of likely N-dealkylation sites (tertiary alicyclic amines) is 2. The van der Waals surface area contributed by atoms with Crippen molar-refractivity contribution in [1.29, 1.82) is 0 Å². The Hall–Kier alpha value is -3.52. The Balaban J connectivity index is 1.56. The molecule has 8 nitrogen and oxygen atoms in total. The molecule has 0 radical (unpaired) electrons. The maximum Gasteiger partial charge on any atom is 0.295 e. The van der Waals surface area contributed by atoms with Crippen molar-refractivity contribution in [1.82, 2.24) is 9.80 Å². The highest BCUT2D eigenvalue weighted by Gasteiger charge is 2.46. The van der Waals surface area contributed by atoms with Crippen molar-refractivity contribution in [2.45, 2.75) is 25.8 Å². The molecule has 3 aliphatic heterocycles. The number of ether oxygens (including phenoxy) is 3. The molecule has 3 aliphatic rings. The van der Waals surface area contributed by atoms with Crippen LogP contribution in [0, 0.1) is 0 Å². The molecule has 2 fully saturated rings. The van der Waals surface area contributed by atoms with Gasteiger partial charge in [-0.25, -0.2) is 0 Å². The van der Waals surface area contributed by atoms with Gasteiger partial charge in [0.15, 0.2) is 11.5 Å². The fourth-order valence-electron chi connectivity index (χ4n) is 4.85. The Morgan fingerprint density at radius 3 is 2.65 bits per heavy atom. The summed E-state index contributed by atoms with van der Waals surface area (Å²) in [5.74, 6) is 0.183. The van der Waals surface area contributed by atoms with Gasteiger partial charge in [0.2, 0.25) is 6.79 Å². The van der Waals surface area contributed by atoms with E-state index in [1.165, 1.54) is 0 Å². The molecular formula is C26H28N2O6. The van der Waals surface area contributed by atoms with Gasteiger partial charge >= 0.3 is 0 Å². The van der Waals surface area contributed by atoms with Crippen molar-refractivity contribution in [2.75, 3.05) is 39.6 Å². The smallest absolute Gasteiger partial charge is 0.295 e. The van der Waals surface area contributed by atoms with Crippen LogP contribution >= 0.6 is 0 Å². The van der Waals surface area contributed by atoms with Crippen LogP contribution < -0.4 is 14.2 Å². The van der Waals surface area contributed by atoms with E-state index in [4.69, 9.17) is 14.2 Å². The van der Waals surface area contributed by atoms with Gasteiger partial charge in [-0.1, -0.05) is 12.1 Å². The average molecular weight is 465 g/mol. The minimum atomic E-state index is -0.714. The molecule has 0 bridgehead atoms. The van der Waals surface area contributed by atoms with Crippen molar-refractivity contribution in [3.8, 4) is 17.2 Å². The number of carbonyl (C=O) groups is 2. The van der Waals surface area contributed by atoms with Crippen LogP contribution in [0.1, 0.15) is 36.9 Å². The quantitative estimate of drug-likeness (QED) is 0.382. The molecule has 2 saturated heterocycles. The third-order valence-electron chi connectivity index (χ3n) is 6.53. The van der Waals surface area contributed by atoms with E-state index in [1.54, 1.807) is 23.1 Å². The number of Topliss-reactive ketones (excluding diaryl/α,β-unsaturated/α-hetero) is 1. The van der Waals surface area contributed by atoms with E-state index in [9.17, 15) is 14.7 Å². The maximum atomic E-state index is 13.2. The second-order valence-electron chi connectivity index (χ2n) is 8.61. The van der Waals surface area contributed by atoms with Gasteiger partial charge < -0.3 is 29.1 Å². The monoisotopic (exact) mass is 464 g/mol. The van der Waals surface area contributed by atoms with Crippen LogP contribution in [0.4, 0.5) is 0 Å². The second-order valence-corrected chi connectivity index (χ2v) is 8.61. The van der Waals surface area contributed by atoms with Crippen LogP contribution in [0.25, 0.3) is 5.76 Å². The van der Waals surface area contributed by atoms with Gasteiger partial charge in [0.25, 0.3) is 11.7 Å². The number of amides is 1. The predicted molar refractivity (Wildman–Crippen MR) is 125 cm³/mol. The van der Waals surface area contributed by atoms with Crippen molar-refractivity contribution in [3.63, 3.8) is 0 Å². The molecule has 2 aromatic rings. The zero-order valence-corrected chi connectivity index (χ0v) is 19.2. The predicted octanol–water partition coefficient (Wildman–Crippen LogP) is 3.33. The molecule has 3 heterocycles. The van der Waals surface area contributed by atoms with Gasteiger partial charge in [0.1, 0.15) is 11.5 Å². The van der Waals surface area contributed by atoms with Gasteiger partial charge in [-0.3, -0.25) is 9.59 Å². The number of aliphatic hydroxyl groups excluding tert-OH is 1. The molecule has 1 N–H and O–H groups in total. The minimum absolute atomic E-state index is 0.0685. The Morgan fingerprint density at radius 2 is 1.85 bits per heavy atom. The highest BCUT2D eigenvalue weighted by atomic mass is 16.7. The number of hydrogen-bond acceptors (Lipinski definition) is 7. The van der Waals surface area contributed by atoms with Gasteiger partial charge in [-0.05, 0) is 68.8 Å². The Morgan fingerprint density at radius 1 is 1.06 bits per heavy atom. The van der Waals surface area contributed by atoms with Crippen LogP contribution in [0.5, 0.6) is 17.2 Å². The van der Waals surface area contributed by atoms with E-state index in [0.29, 0.717) is 48.1 Å². The van der Waals surface area contributed by atoms with Crippen molar-refractivity contribution in [3.05, 3.63) is 59.2 Å². The molecule has 0 aliphatic carbocycles. The summed E-state index contributed by atoms with van der Waals surface area (Å²) in [7, 11) is 0. The third kappa shape index (κ3) is 4.09. The van der Waals surface area contributed by atoms with Gasteiger partial charge in [0, 0.05) is 18.7 Å². The molecule has 1 unspecified atom stereocenters. The lowest BCUT2D eigenvalue weighted by molar-refractivity contribution is -0.140. The van der Waals surface area contributed by atoms with Crippen LogP contribution in [0.15, 0.2) is 48.0 Å². The molecule has 0 aromatic heterocycles. The average Bonchev–Trinajstić information content (AvgIpc) is 3.58. The number of rotatable bonds is 7. The lowest BCUT2D eigenvalue weighted by Gasteiger charge is -2.27. The zero-order valence-electron chi connectivity index (χ0n) is 19.2. The molecule has 1 amide bonds. The van der Waals surface area contributed by atoms with E-state index >= 15 is 0 Å². The molecule has 0 saturated carbocycles. The fraction of sp³-hybridized carbons (Fsp3) is 0.385. The zero-order chi connectivity index (χ0) is 23.7. The SMILES string of the molecule is CCOc1cccc(C2/C(=C(\O)c3ccc4c(c3)OCO4)C(=O)C(=O)N2CCN2CCCC2)c1. The van der Waals surface area contributed by atoms with Crippen LogP contribution in [-0.2, 0) is 9.59 Å². The van der Waals surface area contributed by atoms with E-state index < -0.39 is 17.7 Å². The molecule has 8 heteroatoms. The minimum Gasteiger partial charge on any atom is -0.507 e. The molecule has 34 heavy (non-hydrogen) atoms. The maximum absolute atomic E-state index is 13.2. The summed E-state index contributed by atoms with van der Waals surface area (Å²) in [6.07, 6.45) is 2.28. The lowest BCUT2D eigenvalue weighted by atomic mass is 9.95. The molecule has 1 atom stereocenters. The summed E-state index contributed by atoms with van der Waals surface area (Å²) in [6, 6.07) is 11.6. The van der Waals surface area contributed by atoms with Crippen molar-refractivity contribution < 1.29 is 28.9 Å². The Labute approximate surface area is 198 Å². The summed E-state index contributed by atoms with van der Waals surface area (Å²) < 4.78 is 16.4. The number of fused-ring (bicyclic) bond motifs is 1. The second kappa shape index (κ2) is 9.38. The van der Waals surface area contributed by atoms with Crippen LogP contribution in [0.2, 0.25) is 0 Å². The Kier molecular flexibility index (Phi) is 6.15. The summed E-state index contributed by atoms with van der Waals surface area (Å²) in [6.45, 7) is 5.55. The summed E-state index contributed by atoms with van der Waals surface area (Å²) in [4.78, 5) is 30.3. The fourth-order valence-corrected chi connectivity index (χ4v) is 4.85. The largest absolute Gasteiger partial charge is 0.507 e. The summed E-state index contributed by atoms with van der Waals surface area (Å²) in [5.41, 5.74) is 1.18. The topological polar surface area (TPSA) is 88.5 Å². The number of carbonyl (C=O) groups excluding carboxylic acids is 2. The first-order valence-corrected chi connectivity index (χ1v) is 11.7. The number of hydrogen-bond donors (Lipinski definition) is 1. The number of ketones is 1. The first kappa shape index (κ1) is 22.3. The highest BCUT2D eigenvalue weighted by Crippen LogP contribution is 2.42. The van der Waals surface area contributed by atoms with Crippen LogP contribution in [-0.4, -0.2) is 66.2 Å². The normalized spacial score (nSPS) is 21.4. The molecule has 178 valence electrons. The van der Waals surface area contributed by atoms with E-state index in [1.807, 2.05) is 31.2 Å². The number of aliphatic hydroxyl groups is 1. The lowest BCUT2D eigenvalue weighted by Crippen LogP contribution is -2.37. The van der Waals surface area contributed by atoms with Crippen molar-refractivity contribution >= 4 is 17.4 Å². The van der Waals surface area contributed by atoms with Gasteiger partial charge in [-0.2, -0.15) is 0 Å². The molecular weight excluding hydrogens is 436 g/mol. The Bertz CT molecular complexity index is 1140. The standard InChI is InChI=1S/C26H28N2O6/c1-2-32-19-7-5-6-17(14-19)23-22(24(29)18-8-9-20-21(15-18)34-16-33-20)25(30)26(31)28(23)13-12-27-10-3-4-11-27/h5-9,14-15,23,29H,2-4,10-13,16H2,1H3/b24-22+. The molecule has 5 rings (SSSR count). The highest BCUT2D eigenvalue weighted by molar-refractivity contribution is 6.46. The van der Waals surface area contributed by atoms with E-state index in [2.05, 4.69) is 4.90 Å². The first-order valence-electron chi connectivity index (χ1n) is 11.7. The third-order valence-corrected chi connectivity index (χ3v) is 6.53. The number of nitrogens with zero attached hydrogens (tertiary/aromatic N) is 2. The molecule has 2 aromatic carbocycles. The van der Waals surface area contributed by atoms with Gasteiger partial charge in [0.05, 0.1) is 18.2 Å². The van der Waals surface area contributed by atoms with Crippen molar-refractivity contribution in [2.24, 2.45) is 0 Å². The van der Waals surface area contributed by atoms with E-state index in [-0.39, 0.29) is 18.1 Å². The summed E-state index contributed by atoms with van der Waals surface area (Å²) >= 11 is 0.